The summed E-state index contributed by atoms with van der Waals surface area (Å²) < 4.78 is 5.21. The molecule has 1 aliphatic carbocycles. The molecule has 2 saturated heterocycles. The van der Waals surface area contributed by atoms with Gasteiger partial charge in [0, 0.05) is 32.2 Å². The lowest BCUT2D eigenvalue weighted by atomic mass is 9.85. The van der Waals surface area contributed by atoms with Crippen LogP contribution in [0.3, 0.4) is 0 Å². The zero-order chi connectivity index (χ0) is 23.7. The third-order valence-corrected chi connectivity index (χ3v) is 7.75. The second-order valence-corrected chi connectivity index (χ2v) is 9.54. The highest BCUT2D eigenvalue weighted by Gasteiger charge is 2.59. The van der Waals surface area contributed by atoms with E-state index in [0.29, 0.717) is 19.4 Å². The van der Waals surface area contributed by atoms with E-state index in [1.54, 1.807) is 12.0 Å². The van der Waals surface area contributed by atoms with Gasteiger partial charge in [-0.1, -0.05) is 48.6 Å². The molecule has 1 spiro atoms. The van der Waals surface area contributed by atoms with Crippen LogP contribution in [0, 0.1) is 0 Å². The number of carbonyl (C=O) groups is 2. The van der Waals surface area contributed by atoms with Crippen LogP contribution in [0.15, 0.2) is 54.6 Å². The minimum atomic E-state index is -0.684. The Labute approximate surface area is 201 Å². The van der Waals surface area contributed by atoms with Gasteiger partial charge >= 0.3 is 6.03 Å². The Morgan fingerprint density at radius 3 is 2.24 bits per heavy atom. The highest BCUT2D eigenvalue weighted by molar-refractivity contribution is 6.07. The molecule has 34 heavy (non-hydrogen) atoms. The Hall–Kier alpha value is -3.12. The number of methoxy groups -OCH3 is 1. The fourth-order valence-electron chi connectivity index (χ4n) is 5.86. The number of fused-ring (bicyclic) bond motifs is 1. The molecule has 3 amide bonds. The predicted octanol–water partition coefficient (Wildman–Crippen LogP) is 3.99. The quantitative estimate of drug-likeness (QED) is 0.613. The highest BCUT2D eigenvalue weighted by atomic mass is 16.5. The molecule has 178 valence electrons. The van der Waals surface area contributed by atoms with Crippen molar-refractivity contribution in [3.05, 3.63) is 71.3 Å². The number of nitrogens with zero attached hydrogens (tertiary/aromatic N) is 3. The number of carbonyl (C=O) groups excluding carboxylic acids is 2. The molecule has 2 aromatic carbocycles. The second-order valence-electron chi connectivity index (χ2n) is 9.54. The molecule has 0 bridgehead atoms. The number of likely N-dealkylation sites (tertiary alicyclic amines) is 1. The van der Waals surface area contributed by atoms with Gasteiger partial charge in [0.2, 0.25) is 0 Å². The minimum absolute atomic E-state index is 0.0191. The van der Waals surface area contributed by atoms with Crippen molar-refractivity contribution in [2.75, 3.05) is 33.3 Å². The first-order valence-corrected chi connectivity index (χ1v) is 12.3. The summed E-state index contributed by atoms with van der Waals surface area (Å²) in [6.45, 7) is 5.00. The topological polar surface area (TPSA) is 53.1 Å². The molecule has 2 heterocycles. The van der Waals surface area contributed by atoms with Crippen molar-refractivity contribution in [1.29, 1.82) is 0 Å². The summed E-state index contributed by atoms with van der Waals surface area (Å²) >= 11 is 0. The number of hydrogen-bond acceptors (Lipinski definition) is 4. The smallest absolute Gasteiger partial charge is 0.327 e. The summed E-state index contributed by atoms with van der Waals surface area (Å²) in [7, 11) is 1.67. The van der Waals surface area contributed by atoms with E-state index in [9.17, 15) is 9.59 Å². The third kappa shape index (κ3) is 3.90. The maximum Gasteiger partial charge on any atom is 0.327 e. The molecule has 6 heteroatoms. The number of likely N-dealkylation sites (N-methyl/N-ethyl adjacent to an activating group) is 1. The summed E-state index contributed by atoms with van der Waals surface area (Å²) in [4.78, 5) is 33.0. The van der Waals surface area contributed by atoms with E-state index in [0.717, 1.165) is 43.8 Å². The Morgan fingerprint density at radius 1 is 1.00 bits per heavy atom. The first-order chi connectivity index (χ1) is 16.6. The lowest BCUT2D eigenvalue weighted by Crippen LogP contribution is -2.56. The summed E-state index contributed by atoms with van der Waals surface area (Å²) in [5.41, 5.74) is 2.97. The zero-order valence-corrected chi connectivity index (χ0v) is 20.1. The Bertz CT molecular complexity index is 1060. The molecule has 0 aromatic heterocycles. The van der Waals surface area contributed by atoms with Gasteiger partial charge in [-0.15, -0.1) is 0 Å². The largest absolute Gasteiger partial charge is 0.497 e. The van der Waals surface area contributed by atoms with Crippen LogP contribution in [0.5, 0.6) is 5.75 Å². The van der Waals surface area contributed by atoms with Gasteiger partial charge in [0.15, 0.2) is 0 Å². The monoisotopic (exact) mass is 459 g/mol. The van der Waals surface area contributed by atoms with Gasteiger partial charge in [-0.2, -0.15) is 0 Å². The van der Waals surface area contributed by atoms with Crippen LogP contribution in [0.4, 0.5) is 4.79 Å². The number of piperidine rings is 1. The van der Waals surface area contributed by atoms with Crippen LogP contribution in [-0.4, -0.2) is 71.5 Å². The molecule has 0 saturated carbocycles. The first-order valence-electron chi connectivity index (χ1n) is 12.3. The number of benzene rings is 2. The van der Waals surface area contributed by atoms with Crippen LogP contribution in [0.1, 0.15) is 36.5 Å². The van der Waals surface area contributed by atoms with E-state index in [1.165, 1.54) is 11.1 Å². The van der Waals surface area contributed by atoms with Gasteiger partial charge in [-0.3, -0.25) is 14.6 Å². The van der Waals surface area contributed by atoms with E-state index in [4.69, 9.17) is 4.74 Å². The van der Waals surface area contributed by atoms with Crippen LogP contribution < -0.4 is 4.74 Å². The Kier molecular flexibility index (Phi) is 6.17. The Balaban J connectivity index is 1.24. The molecule has 0 radical (unpaired) electrons. The summed E-state index contributed by atoms with van der Waals surface area (Å²) in [6.07, 6.45) is 7.20. The van der Waals surface area contributed by atoms with Gasteiger partial charge in [0.25, 0.3) is 5.91 Å². The van der Waals surface area contributed by atoms with Crippen molar-refractivity contribution in [3.8, 4) is 5.75 Å². The molecular formula is C28H33N3O3. The molecule has 0 atom stereocenters. The molecule has 3 aliphatic rings. The number of urea groups is 1. The van der Waals surface area contributed by atoms with Crippen molar-refractivity contribution < 1.29 is 14.3 Å². The van der Waals surface area contributed by atoms with Crippen LogP contribution >= 0.6 is 0 Å². The van der Waals surface area contributed by atoms with E-state index in [2.05, 4.69) is 29.2 Å². The number of rotatable bonds is 6. The summed E-state index contributed by atoms with van der Waals surface area (Å²) in [6, 6.07) is 16.1. The molecule has 2 aromatic rings. The van der Waals surface area contributed by atoms with Gasteiger partial charge in [-0.25, -0.2) is 4.79 Å². The molecule has 0 unspecified atom stereocenters. The van der Waals surface area contributed by atoms with E-state index in [1.807, 2.05) is 48.2 Å². The van der Waals surface area contributed by atoms with Crippen molar-refractivity contribution in [2.45, 2.75) is 44.2 Å². The van der Waals surface area contributed by atoms with Gasteiger partial charge in [0.05, 0.1) is 7.11 Å². The van der Waals surface area contributed by atoms with E-state index in [-0.39, 0.29) is 18.0 Å². The first kappa shape index (κ1) is 22.7. The predicted molar refractivity (Wildman–Crippen MR) is 133 cm³/mol. The minimum Gasteiger partial charge on any atom is -0.497 e. The molecule has 0 N–H and O–H groups in total. The van der Waals surface area contributed by atoms with Crippen molar-refractivity contribution >= 4 is 18.0 Å². The Morgan fingerprint density at radius 2 is 1.65 bits per heavy atom. The number of amides is 3. The van der Waals surface area contributed by atoms with Crippen LogP contribution in [0.2, 0.25) is 0 Å². The fraction of sp³-hybridized carbons (Fsp3) is 0.429. The van der Waals surface area contributed by atoms with Crippen LogP contribution in [0.25, 0.3) is 6.08 Å². The number of ether oxygens (including phenoxy) is 1. The average molecular weight is 460 g/mol. The highest BCUT2D eigenvalue weighted by Crippen LogP contribution is 2.40. The SMILES string of the molecule is CCN1C(=O)N(C2Cc3ccccc3C2)C(=O)C12CCN(CC=Cc1ccc(OC)cc1)CC2. The maximum absolute atomic E-state index is 13.8. The average Bonchev–Trinajstić information content (AvgIpc) is 3.37. The van der Waals surface area contributed by atoms with Crippen molar-refractivity contribution in [1.82, 2.24) is 14.7 Å². The lowest BCUT2D eigenvalue weighted by molar-refractivity contribution is -0.136. The fourth-order valence-corrected chi connectivity index (χ4v) is 5.86. The normalized spacial score (nSPS) is 20.6. The molecule has 5 rings (SSSR count). The number of hydrogen-bond donors (Lipinski definition) is 0. The summed E-state index contributed by atoms with van der Waals surface area (Å²) in [5.74, 6) is 0.871. The van der Waals surface area contributed by atoms with Gasteiger partial charge < -0.3 is 9.64 Å². The molecular weight excluding hydrogens is 426 g/mol. The maximum atomic E-state index is 13.8. The van der Waals surface area contributed by atoms with Gasteiger partial charge in [0.1, 0.15) is 11.3 Å². The van der Waals surface area contributed by atoms with Gasteiger partial charge in [-0.05, 0) is 61.4 Å². The molecule has 2 fully saturated rings. The molecule has 2 aliphatic heterocycles. The standard InChI is InChI=1S/C28H33N3O3/c1-3-30-27(33)31(24-19-22-8-4-5-9-23(22)20-24)26(32)28(30)14-17-29(18-15-28)16-6-7-21-10-12-25(34-2)13-11-21/h4-13,24H,3,14-20H2,1-2H3. The van der Waals surface area contributed by atoms with Crippen molar-refractivity contribution in [3.63, 3.8) is 0 Å². The van der Waals surface area contributed by atoms with E-state index < -0.39 is 5.54 Å². The third-order valence-electron chi connectivity index (χ3n) is 7.75. The lowest BCUT2D eigenvalue weighted by Gasteiger charge is -2.41. The number of imide groups is 1. The van der Waals surface area contributed by atoms with E-state index >= 15 is 0 Å². The zero-order valence-electron chi connectivity index (χ0n) is 20.1. The summed E-state index contributed by atoms with van der Waals surface area (Å²) in [5, 5.41) is 0. The van der Waals surface area contributed by atoms with Crippen molar-refractivity contribution in [2.24, 2.45) is 0 Å². The molecule has 6 nitrogen and oxygen atoms in total. The second kappa shape index (κ2) is 9.26. The van der Waals surface area contributed by atoms with Crippen LogP contribution in [-0.2, 0) is 17.6 Å².